The molecule has 0 N–H and O–H groups in total. The van der Waals surface area contributed by atoms with Crippen molar-refractivity contribution in [3.63, 3.8) is 0 Å². The molecule has 5 rings (SSSR count). The van der Waals surface area contributed by atoms with Crippen LogP contribution in [0.25, 0.3) is 10.8 Å². The topological polar surface area (TPSA) is 0 Å². The van der Waals surface area contributed by atoms with Crippen LogP contribution in [0.3, 0.4) is 0 Å². The van der Waals surface area contributed by atoms with Gasteiger partial charge >= 0.3 is 0 Å². The van der Waals surface area contributed by atoms with E-state index >= 15 is 0 Å². The highest BCUT2D eigenvalue weighted by molar-refractivity contribution is 5.89. The predicted octanol–water partition coefficient (Wildman–Crippen LogP) is 14.9. The molecular formula is C41H80. The van der Waals surface area contributed by atoms with Gasteiger partial charge in [-0.3, -0.25) is 0 Å². The van der Waals surface area contributed by atoms with Crippen LogP contribution in [0.4, 0.5) is 0 Å². The van der Waals surface area contributed by atoms with Gasteiger partial charge in [0.2, 0.25) is 0 Å². The Bertz CT molecular complexity index is 778. The molecule has 0 saturated heterocycles. The monoisotopic (exact) mass is 573 g/mol. The molecule has 1 saturated carbocycles. The van der Waals surface area contributed by atoms with E-state index in [2.05, 4.69) is 90.1 Å². The molecule has 0 nitrogen and oxygen atoms in total. The van der Waals surface area contributed by atoms with E-state index in [-0.39, 0.29) is 22.3 Å². The second-order valence-electron chi connectivity index (χ2n) is 10.9. The maximum atomic E-state index is 2.35. The summed E-state index contributed by atoms with van der Waals surface area (Å²) in [5.41, 5.74) is 3.11. The molecule has 0 aromatic heterocycles. The van der Waals surface area contributed by atoms with Crippen LogP contribution in [-0.2, 0) is 12.8 Å². The van der Waals surface area contributed by atoms with Gasteiger partial charge in [-0.15, -0.1) is 0 Å². The van der Waals surface area contributed by atoms with E-state index in [1.54, 1.807) is 11.1 Å². The van der Waals surface area contributed by atoms with Gasteiger partial charge in [-0.1, -0.05) is 187 Å². The van der Waals surface area contributed by atoms with E-state index in [0.717, 1.165) is 35.5 Å². The minimum absolute atomic E-state index is 0. The highest BCUT2D eigenvalue weighted by atomic mass is 14.3. The third kappa shape index (κ3) is 17.2. The lowest BCUT2D eigenvalue weighted by Gasteiger charge is -2.28. The molecule has 1 unspecified atom stereocenters. The first-order chi connectivity index (χ1) is 18.4. The lowest BCUT2D eigenvalue weighted by atomic mass is 9.77. The van der Waals surface area contributed by atoms with Crippen LogP contribution in [0.2, 0.25) is 0 Å². The van der Waals surface area contributed by atoms with Crippen molar-refractivity contribution in [3.8, 4) is 0 Å². The van der Waals surface area contributed by atoms with Crippen molar-refractivity contribution >= 4 is 10.8 Å². The molecular weight excluding hydrogens is 492 g/mol. The minimum Gasteiger partial charge on any atom is -0.0876 e. The molecule has 2 aromatic carbocycles. The van der Waals surface area contributed by atoms with Gasteiger partial charge < -0.3 is 0 Å². The van der Waals surface area contributed by atoms with Crippen LogP contribution < -0.4 is 0 Å². The summed E-state index contributed by atoms with van der Waals surface area (Å²) in [5.74, 6) is 5.41. The van der Waals surface area contributed by atoms with Crippen LogP contribution in [0.5, 0.6) is 0 Å². The van der Waals surface area contributed by atoms with E-state index in [0.29, 0.717) is 0 Å². The van der Waals surface area contributed by atoms with Gasteiger partial charge in [0, 0.05) is 0 Å². The van der Waals surface area contributed by atoms with Crippen LogP contribution >= 0.6 is 0 Å². The molecule has 0 heterocycles. The minimum atomic E-state index is 0. The quantitative estimate of drug-likeness (QED) is 0.321. The average Bonchev–Trinajstić information content (AvgIpc) is 2.87. The molecule has 0 spiro atoms. The third-order valence-corrected chi connectivity index (χ3v) is 7.72. The number of rotatable bonds is 3. The Morgan fingerprint density at radius 1 is 0.561 bits per heavy atom. The summed E-state index contributed by atoms with van der Waals surface area (Å²) in [6.45, 7) is 29.9. The first-order valence-corrected chi connectivity index (χ1v) is 16.5. The van der Waals surface area contributed by atoms with E-state index in [1.165, 1.54) is 49.3 Å². The lowest BCUT2D eigenvalue weighted by Crippen LogP contribution is -2.19. The fraction of sp³-hybridized carbons (Fsp3) is 0.707. The second kappa shape index (κ2) is 29.9. The van der Waals surface area contributed by atoms with Crippen molar-refractivity contribution in [2.75, 3.05) is 0 Å². The summed E-state index contributed by atoms with van der Waals surface area (Å²) in [5, 5.41) is 2.94. The van der Waals surface area contributed by atoms with Gasteiger partial charge in [0.15, 0.2) is 0 Å². The molecule has 1 atom stereocenters. The standard InChI is InChI=1S/C16H18.C7H14.C7H12.4C2H6.3CH4/c1-11(2)15-9-13-7-3-5-12-6-4-8-14(10-15)16(12)13;2*1-6(2)7-4-3-5-7;4*1-2;;;/h3-8,11,15H,9-10H2,1-2H3;6-7H,3-5H2,1-2H3;3-4,6-7H,5H2,1-2H3;4*1-2H3;3*1H4. The molecule has 1 fully saturated rings. The number of hydrogen-bond donors (Lipinski definition) is 0. The largest absolute Gasteiger partial charge is 0.0876 e. The summed E-state index contributed by atoms with van der Waals surface area (Å²) in [6, 6.07) is 13.5. The summed E-state index contributed by atoms with van der Waals surface area (Å²) in [4.78, 5) is 0. The van der Waals surface area contributed by atoms with Gasteiger partial charge in [0.1, 0.15) is 0 Å². The summed E-state index contributed by atoms with van der Waals surface area (Å²) >= 11 is 0. The summed E-state index contributed by atoms with van der Waals surface area (Å²) < 4.78 is 0. The Hall–Kier alpha value is -1.56. The molecule has 244 valence electrons. The third-order valence-electron chi connectivity index (χ3n) is 7.72. The Morgan fingerprint density at radius 2 is 0.951 bits per heavy atom. The molecule has 3 aliphatic carbocycles. The maximum Gasteiger partial charge on any atom is -0.0120 e. The number of allylic oxidation sites excluding steroid dienone is 2. The summed E-state index contributed by atoms with van der Waals surface area (Å²) in [7, 11) is 0. The summed E-state index contributed by atoms with van der Waals surface area (Å²) in [6.07, 6.45) is 12.9. The van der Waals surface area contributed by atoms with E-state index in [9.17, 15) is 0 Å². The highest BCUT2D eigenvalue weighted by Gasteiger charge is 2.22. The first kappa shape index (κ1) is 49.1. The van der Waals surface area contributed by atoms with Gasteiger partial charge in [-0.2, -0.15) is 0 Å². The predicted molar refractivity (Wildman–Crippen MR) is 200 cm³/mol. The molecule has 3 aliphatic rings. The lowest BCUT2D eigenvalue weighted by molar-refractivity contribution is 0.235. The molecule has 41 heavy (non-hydrogen) atoms. The van der Waals surface area contributed by atoms with Crippen molar-refractivity contribution in [3.05, 3.63) is 59.7 Å². The SMILES string of the molecule is C.C.C.CC.CC.CC.CC.CC(C)C1C=CC1.CC(C)C1CCC1.CC(C)C1Cc2cccc3cccc(c23)C1. The molecule has 0 bridgehead atoms. The molecule has 0 amide bonds. The van der Waals surface area contributed by atoms with Crippen molar-refractivity contribution in [2.24, 2.45) is 35.5 Å². The highest BCUT2D eigenvalue weighted by Crippen LogP contribution is 2.35. The van der Waals surface area contributed by atoms with Gasteiger partial charge in [0.05, 0.1) is 0 Å². The Kier molecular flexibility index (Phi) is 35.9. The maximum absolute atomic E-state index is 2.35. The zero-order valence-electron chi connectivity index (χ0n) is 28.3. The Balaban J connectivity index is -0.000000148. The van der Waals surface area contributed by atoms with Crippen LogP contribution in [-0.4, -0.2) is 0 Å². The molecule has 0 heteroatoms. The zero-order valence-corrected chi connectivity index (χ0v) is 28.3. The average molecular weight is 573 g/mol. The van der Waals surface area contributed by atoms with Gasteiger partial charge in [0.25, 0.3) is 0 Å². The van der Waals surface area contributed by atoms with Gasteiger partial charge in [-0.05, 0) is 76.7 Å². The van der Waals surface area contributed by atoms with E-state index in [4.69, 9.17) is 0 Å². The first-order valence-electron chi connectivity index (χ1n) is 16.5. The van der Waals surface area contributed by atoms with Crippen LogP contribution in [0.15, 0.2) is 48.6 Å². The van der Waals surface area contributed by atoms with Gasteiger partial charge in [-0.25, -0.2) is 0 Å². The van der Waals surface area contributed by atoms with Crippen molar-refractivity contribution in [1.29, 1.82) is 0 Å². The second-order valence-corrected chi connectivity index (χ2v) is 10.9. The van der Waals surface area contributed by atoms with Crippen LogP contribution in [0, 0.1) is 35.5 Å². The van der Waals surface area contributed by atoms with Crippen LogP contribution in [0.1, 0.15) is 156 Å². The number of hydrogen-bond acceptors (Lipinski definition) is 0. The van der Waals surface area contributed by atoms with Crippen molar-refractivity contribution in [2.45, 2.75) is 158 Å². The van der Waals surface area contributed by atoms with Crippen molar-refractivity contribution < 1.29 is 0 Å². The van der Waals surface area contributed by atoms with Crippen molar-refractivity contribution in [1.82, 2.24) is 0 Å². The fourth-order valence-corrected chi connectivity index (χ4v) is 4.84. The Morgan fingerprint density at radius 3 is 1.15 bits per heavy atom. The molecule has 0 aliphatic heterocycles. The Labute approximate surface area is 263 Å². The normalized spacial score (nSPS) is 15.5. The molecule has 2 aromatic rings. The number of benzene rings is 2. The molecule has 0 radical (unpaired) electrons. The zero-order chi connectivity index (χ0) is 29.7. The van der Waals surface area contributed by atoms with E-state index < -0.39 is 0 Å². The fourth-order valence-electron chi connectivity index (χ4n) is 4.84. The van der Waals surface area contributed by atoms with E-state index in [1.807, 2.05) is 55.4 Å². The smallest absolute Gasteiger partial charge is 0.0120 e.